The Kier molecular flexibility index (Phi) is 2.57. The van der Waals surface area contributed by atoms with E-state index in [9.17, 15) is 4.79 Å². The van der Waals surface area contributed by atoms with Crippen LogP contribution in [-0.4, -0.2) is 15.8 Å². The zero-order chi connectivity index (χ0) is 12.4. The number of nitrogens with zero attached hydrogens (tertiary/aromatic N) is 2. The fraction of sp³-hybridized carbons (Fsp3) is 0. The average molecular weight is 234 g/mol. The normalized spacial score (nSPS) is 10.4. The Bertz CT molecular complexity index is 703. The van der Waals surface area contributed by atoms with Gasteiger partial charge in [-0.05, 0) is 24.3 Å². The van der Waals surface area contributed by atoms with Crippen molar-refractivity contribution < 1.29 is 4.79 Å². The molecule has 0 spiro atoms. The lowest BCUT2D eigenvalue weighted by atomic mass is 10.0. The van der Waals surface area contributed by atoms with Crippen LogP contribution in [0.25, 0.3) is 10.9 Å². The number of para-hydroxylation sites is 1. The molecule has 2 aromatic heterocycles. The van der Waals surface area contributed by atoms with Gasteiger partial charge in [0.1, 0.15) is 5.69 Å². The van der Waals surface area contributed by atoms with Crippen molar-refractivity contribution in [3.8, 4) is 0 Å². The molecule has 1 aromatic carbocycles. The zero-order valence-electron chi connectivity index (χ0n) is 9.58. The molecule has 3 heteroatoms. The van der Waals surface area contributed by atoms with Crippen molar-refractivity contribution in [1.29, 1.82) is 0 Å². The van der Waals surface area contributed by atoms with E-state index in [1.54, 1.807) is 36.7 Å². The Morgan fingerprint density at radius 1 is 0.833 bits per heavy atom. The van der Waals surface area contributed by atoms with Gasteiger partial charge in [-0.25, -0.2) is 0 Å². The molecule has 0 radical (unpaired) electrons. The van der Waals surface area contributed by atoms with E-state index in [1.807, 2.05) is 24.3 Å². The third-order valence-electron chi connectivity index (χ3n) is 2.77. The van der Waals surface area contributed by atoms with Crippen LogP contribution in [0.15, 0.2) is 60.9 Å². The summed E-state index contributed by atoms with van der Waals surface area (Å²) in [6.45, 7) is 0. The largest absolute Gasteiger partial charge is 0.287 e. The summed E-state index contributed by atoms with van der Waals surface area (Å²) in [6.07, 6.45) is 3.31. The molecule has 0 amide bonds. The summed E-state index contributed by atoms with van der Waals surface area (Å²) in [7, 11) is 0. The molecule has 0 atom stereocenters. The summed E-state index contributed by atoms with van der Waals surface area (Å²) in [5.74, 6) is -0.0973. The zero-order valence-corrected chi connectivity index (χ0v) is 9.58. The van der Waals surface area contributed by atoms with E-state index in [0.717, 1.165) is 10.9 Å². The molecule has 86 valence electrons. The predicted molar refractivity (Wildman–Crippen MR) is 69.4 cm³/mol. The minimum Gasteiger partial charge on any atom is -0.287 e. The highest BCUT2D eigenvalue weighted by Crippen LogP contribution is 2.18. The maximum absolute atomic E-state index is 12.4. The van der Waals surface area contributed by atoms with Gasteiger partial charge in [0.2, 0.25) is 5.78 Å². The molecule has 2 heterocycles. The Labute approximate surface area is 104 Å². The van der Waals surface area contributed by atoms with Crippen LogP contribution >= 0.6 is 0 Å². The van der Waals surface area contributed by atoms with E-state index >= 15 is 0 Å². The van der Waals surface area contributed by atoms with Gasteiger partial charge in [0, 0.05) is 17.8 Å². The number of fused-ring (bicyclic) bond motifs is 1. The Balaban J connectivity index is 2.18. The molecule has 0 aliphatic carbocycles. The van der Waals surface area contributed by atoms with Gasteiger partial charge in [0.25, 0.3) is 0 Å². The first kappa shape index (κ1) is 10.6. The second-order valence-corrected chi connectivity index (χ2v) is 3.92. The Morgan fingerprint density at radius 2 is 1.67 bits per heavy atom. The molecule has 0 fully saturated rings. The van der Waals surface area contributed by atoms with E-state index < -0.39 is 0 Å². The molecule has 3 nitrogen and oxygen atoms in total. The van der Waals surface area contributed by atoms with E-state index in [2.05, 4.69) is 9.97 Å². The highest BCUT2D eigenvalue weighted by Gasteiger charge is 2.13. The maximum atomic E-state index is 12.4. The summed E-state index contributed by atoms with van der Waals surface area (Å²) >= 11 is 0. The van der Waals surface area contributed by atoms with E-state index in [4.69, 9.17) is 0 Å². The van der Waals surface area contributed by atoms with Crippen molar-refractivity contribution in [2.24, 2.45) is 0 Å². The van der Waals surface area contributed by atoms with Gasteiger partial charge in [-0.2, -0.15) is 0 Å². The molecule has 3 rings (SSSR count). The lowest BCUT2D eigenvalue weighted by Gasteiger charge is -2.03. The minimum atomic E-state index is -0.0973. The molecular weight excluding hydrogens is 224 g/mol. The SMILES string of the molecule is O=C(c1ccccn1)c1cccc2cccnc12. The second kappa shape index (κ2) is 4.37. The van der Waals surface area contributed by atoms with Gasteiger partial charge in [0.05, 0.1) is 11.1 Å². The van der Waals surface area contributed by atoms with Crippen molar-refractivity contribution in [2.75, 3.05) is 0 Å². The van der Waals surface area contributed by atoms with Gasteiger partial charge < -0.3 is 0 Å². The molecule has 0 unspecified atom stereocenters. The summed E-state index contributed by atoms with van der Waals surface area (Å²) < 4.78 is 0. The number of hydrogen-bond donors (Lipinski definition) is 0. The van der Waals surface area contributed by atoms with Crippen molar-refractivity contribution in [2.45, 2.75) is 0 Å². The number of carbonyl (C=O) groups excluding carboxylic acids is 1. The van der Waals surface area contributed by atoms with Gasteiger partial charge >= 0.3 is 0 Å². The molecule has 0 aliphatic heterocycles. The van der Waals surface area contributed by atoms with Crippen LogP contribution in [0.1, 0.15) is 16.1 Å². The molecule has 3 aromatic rings. The van der Waals surface area contributed by atoms with Crippen LogP contribution < -0.4 is 0 Å². The van der Waals surface area contributed by atoms with Gasteiger partial charge in [-0.3, -0.25) is 14.8 Å². The molecule has 0 bridgehead atoms. The highest BCUT2D eigenvalue weighted by atomic mass is 16.1. The number of rotatable bonds is 2. The highest BCUT2D eigenvalue weighted by molar-refractivity contribution is 6.14. The summed E-state index contributed by atoms with van der Waals surface area (Å²) in [5.41, 5.74) is 1.75. The number of benzene rings is 1. The average Bonchev–Trinajstić information content (AvgIpc) is 2.47. The number of aromatic nitrogens is 2. The molecule has 0 saturated heterocycles. The second-order valence-electron chi connectivity index (χ2n) is 3.92. The van der Waals surface area contributed by atoms with Gasteiger partial charge in [0.15, 0.2) is 0 Å². The summed E-state index contributed by atoms with van der Waals surface area (Å²) in [6, 6.07) is 14.7. The van der Waals surface area contributed by atoms with Gasteiger partial charge in [-0.1, -0.05) is 24.3 Å². The monoisotopic (exact) mass is 234 g/mol. The van der Waals surface area contributed by atoms with E-state index in [0.29, 0.717) is 11.3 Å². The Hall–Kier alpha value is -2.55. The molecule has 0 aliphatic rings. The number of ketones is 1. The third kappa shape index (κ3) is 1.76. The van der Waals surface area contributed by atoms with Crippen molar-refractivity contribution in [3.63, 3.8) is 0 Å². The quantitative estimate of drug-likeness (QED) is 0.640. The maximum Gasteiger partial charge on any atom is 0.213 e. The number of hydrogen-bond acceptors (Lipinski definition) is 3. The van der Waals surface area contributed by atoms with Crippen LogP contribution in [0.2, 0.25) is 0 Å². The van der Waals surface area contributed by atoms with Crippen LogP contribution in [0.3, 0.4) is 0 Å². The number of carbonyl (C=O) groups is 1. The molecular formula is C15H10N2O. The first-order chi connectivity index (χ1) is 8.86. The lowest BCUT2D eigenvalue weighted by molar-refractivity contribution is 0.103. The topological polar surface area (TPSA) is 42.9 Å². The minimum absolute atomic E-state index is 0.0973. The molecule has 0 saturated carbocycles. The lowest BCUT2D eigenvalue weighted by Crippen LogP contribution is -2.04. The van der Waals surface area contributed by atoms with Crippen LogP contribution in [-0.2, 0) is 0 Å². The van der Waals surface area contributed by atoms with Crippen LogP contribution in [0, 0.1) is 0 Å². The molecule has 0 N–H and O–H groups in total. The van der Waals surface area contributed by atoms with Crippen molar-refractivity contribution in [3.05, 3.63) is 72.2 Å². The van der Waals surface area contributed by atoms with Gasteiger partial charge in [-0.15, -0.1) is 0 Å². The van der Waals surface area contributed by atoms with Crippen LogP contribution in [0.4, 0.5) is 0 Å². The first-order valence-electron chi connectivity index (χ1n) is 5.66. The number of pyridine rings is 2. The summed E-state index contributed by atoms with van der Waals surface area (Å²) in [5, 5.41) is 0.958. The first-order valence-corrected chi connectivity index (χ1v) is 5.66. The Morgan fingerprint density at radius 3 is 2.50 bits per heavy atom. The smallest absolute Gasteiger partial charge is 0.213 e. The molecule has 18 heavy (non-hydrogen) atoms. The third-order valence-corrected chi connectivity index (χ3v) is 2.77. The van der Waals surface area contributed by atoms with Crippen molar-refractivity contribution in [1.82, 2.24) is 9.97 Å². The predicted octanol–water partition coefficient (Wildman–Crippen LogP) is 2.86. The van der Waals surface area contributed by atoms with E-state index in [1.165, 1.54) is 0 Å². The fourth-order valence-electron chi connectivity index (χ4n) is 1.92. The summed E-state index contributed by atoms with van der Waals surface area (Å²) in [4.78, 5) is 20.7. The van der Waals surface area contributed by atoms with E-state index in [-0.39, 0.29) is 5.78 Å². The fourth-order valence-corrected chi connectivity index (χ4v) is 1.92. The van der Waals surface area contributed by atoms with Crippen molar-refractivity contribution >= 4 is 16.7 Å². The standard InChI is InChI=1S/C15H10N2O/c18-15(13-8-1-2-9-16-13)12-7-3-5-11-6-4-10-17-14(11)12/h1-10H. The van der Waals surface area contributed by atoms with Crippen LogP contribution in [0.5, 0.6) is 0 Å².